The number of amides is 1. The van der Waals surface area contributed by atoms with E-state index < -0.39 is 17.1 Å². The predicted octanol–water partition coefficient (Wildman–Crippen LogP) is 5.84. The van der Waals surface area contributed by atoms with Gasteiger partial charge in [0.2, 0.25) is 5.91 Å². The number of hydrogen-bond acceptors (Lipinski definition) is 4. The molecule has 0 aliphatic carbocycles. The monoisotopic (exact) mass is 431 g/mol. The zero-order valence-electron chi connectivity index (χ0n) is 16.4. The molecule has 1 aromatic heterocycles. The molecule has 1 heterocycles. The highest BCUT2D eigenvalue weighted by molar-refractivity contribution is 8.00. The lowest BCUT2D eigenvalue weighted by Gasteiger charge is -2.15. The van der Waals surface area contributed by atoms with Crippen LogP contribution in [0, 0.1) is 0 Å². The number of hydrogen-bond donors (Lipinski definition) is 1. The Labute approximate surface area is 177 Å². The Hall–Kier alpha value is -2.87. The van der Waals surface area contributed by atoms with Crippen molar-refractivity contribution in [2.75, 3.05) is 5.32 Å². The molecule has 30 heavy (non-hydrogen) atoms. The summed E-state index contributed by atoms with van der Waals surface area (Å²) in [6.45, 7) is 3.59. The van der Waals surface area contributed by atoms with Gasteiger partial charge in [0.25, 0.3) is 0 Å². The van der Waals surface area contributed by atoms with Crippen LogP contribution in [-0.4, -0.2) is 21.1 Å². The fraction of sp³-hybridized carbons (Fsp3) is 0.227. The van der Waals surface area contributed by atoms with E-state index in [1.807, 2.05) is 25.1 Å². The van der Waals surface area contributed by atoms with Crippen LogP contribution in [0.5, 0.6) is 0 Å². The Kier molecular flexibility index (Phi) is 6.77. The third-order valence-electron chi connectivity index (χ3n) is 4.37. The molecule has 8 heteroatoms. The number of carbonyl (C=O) groups is 1. The third-order valence-corrected chi connectivity index (χ3v) is 5.33. The molecular weight excluding hydrogens is 411 g/mol. The maximum absolute atomic E-state index is 13.4. The molecule has 0 aliphatic rings. The van der Waals surface area contributed by atoms with Gasteiger partial charge in [0.15, 0.2) is 5.16 Å². The van der Waals surface area contributed by atoms with Crippen molar-refractivity contribution in [1.29, 1.82) is 0 Å². The number of nitrogens with zero attached hydrogens (tertiary/aromatic N) is 2. The fourth-order valence-electron chi connectivity index (χ4n) is 2.78. The molecule has 0 unspecified atom stereocenters. The van der Waals surface area contributed by atoms with Crippen LogP contribution in [0.25, 0.3) is 11.3 Å². The number of rotatable bonds is 6. The maximum Gasteiger partial charge on any atom is 0.433 e. The largest absolute Gasteiger partial charge is 0.433 e. The van der Waals surface area contributed by atoms with Gasteiger partial charge in [-0.05, 0) is 31.0 Å². The summed E-state index contributed by atoms with van der Waals surface area (Å²) in [4.78, 5) is 20.5. The Morgan fingerprint density at radius 2 is 1.73 bits per heavy atom. The van der Waals surface area contributed by atoms with E-state index in [1.165, 1.54) is 0 Å². The van der Waals surface area contributed by atoms with Crippen molar-refractivity contribution in [2.45, 2.75) is 36.9 Å². The fourth-order valence-corrected chi connectivity index (χ4v) is 3.56. The van der Waals surface area contributed by atoms with Crippen LogP contribution in [0.3, 0.4) is 0 Å². The first-order chi connectivity index (χ1) is 14.3. The average Bonchev–Trinajstić information content (AvgIpc) is 2.74. The van der Waals surface area contributed by atoms with Crippen LogP contribution in [0.1, 0.15) is 25.1 Å². The van der Waals surface area contributed by atoms with E-state index in [-0.39, 0.29) is 16.8 Å². The second kappa shape index (κ2) is 9.30. The molecule has 0 bridgehead atoms. The number of benzene rings is 2. The molecular formula is C22H20F3N3OS. The number of nitrogens with one attached hydrogen (secondary N) is 1. The van der Waals surface area contributed by atoms with E-state index in [4.69, 9.17) is 0 Å². The van der Waals surface area contributed by atoms with Gasteiger partial charge in [0.1, 0.15) is 5.69 Å². The molecule has 0 fully saturated rings. The lowest BCUT2D eigenvalue weighted by Crippen LogP contribution is -2.23. The molecule has 0 saturated carbocycles. The average molecular weight is 431 g/mol. The van der Waals surface area contributed by atoms with Crippen LogP contribution >= 0.6 is 11.8 Å². The molecule has 1 amide bonds. The first kappa shape index (κ1) is 21.8. The zero-order valence-corrected chi connectivity index (χ0v) is 17.2. The Balaban J connectivity index is 1.85. The van der Waals surface area contributed by atoms with Crippen LogP contribution in [0.15, 0.2) is 65.8 Å². The second-order valence-electron chi connectivity index (χ2n) is 6.54. The number of aromatic nitrogens is 2. The molecule has 0 radical (unpaired) electrons. The van der Waals surface area contributed by atoms with Crippen molar-refractivity contribution in [3.8, 4) is 11.3 Å². The van der Waals surface area contributed by atoms with E-state index in [2.05, 4.69) is 15.3 Å². The van der Waals surface area contributed by atoms with Gasteiger partial charge in [-0.3, -0.25) is 4.79 Å². The normalized spacial score (nSPS) is 12.4. The second-order valence-corrected chi connectivity index (χ2v) is 7.85. The molecule has 0 aliphatic heterocycles. The summed E-state index contributed by atoms with van der Waals surface area (Å²) in [5, 5.41) is 2.04. The highest BCUT2D eigenvalue weighted by atomic mass is 32.2. The lowest BCUT2D eigenvalue weighted by molar-refractivity contribution is -0.141. The molecule has 0 saturated heterocycles. The van der Waals surface area contributed by atoms with Gasteiger partial charge in [-0.1, -0.05) is 67.2 Å². The quantitative estimate of drug-likeness (QED) is 0.393. The Morgan fingerprint density at radius 1 is 1.07 bits per heavy atom. The van der Waals surface area contributed by atoms with E-state index in [1.54, 1.807) is 43.3 Å². The maximum atomic E-state index is 13.4. The zero-order chi connectivity index (χ0) is 21.7. The summed E-state index contributed by atoms with van der Waals surface area (Å²) in [6.07, 6.45) is -3.87. The summed E-state index contributed by atoms with van der Waals surface area (Å²) < 4.78 is 40.1. The summed E-state index contributed by atoms with van der Waals surface area (Å²) in [7, 11) is 0. The molecule has 0 spiro atoms. The first-order valence-corrected chi connectivity index (χ1v) is 10.2. The number of alkyl halides is 3. The van der Waals surface area contributed by atoms with E-state index in [9.17, 15) is 18.0 Å². The van der Waals surface area contributed by atoms with Crippen molar-refractivity contribution in [1.82, 2.24) is 9.97 Å². The number of halogens is 3. The summed E-state index contributed by atoms with van der Waals surface area (Å²) in [6, 6.07) is 16.9. The van der Waals surface area contributed by atoms with E-state index in [0.717, 1.165) is 29.8 Å². The van der Waals surface area contributed by atoms with Crippen molar-refractivity contribution in [3.63, 3.8) is 0 Å². The standard InChI is InChI=1S/C22H20F3N3OS/c1-3-15-9-7-8-12-17(15)26-20(29)14(2)30-21-27-18(16-10-5-4-6-11-16)13-19(28-21)22(23,24)25/h4-14H,3H2,1-2H3,(H,26,29)/t14-/m0/s1. The van der Waals surface area contributed by atoms with Crippen LogP contribution < -0.4 is 5.32 Å². The smallest absolute Gasteiger partial charge is 0.325 e. The highest BCUT2D eigenvalue weighted by Gasteiger charge is 2.34. The van der Waals surface area contributed by atoms with Crippen LogP contribution in [0.4, 0.5) is 18.9 Å². The summed E-state index contributed by atoms with van der Waals surface area (Å²) in [5.74, 6) is -0.330. The van der Waals surface area contributed by atoms with Gasteiger partial charge < -0.3 is 5.32 Å². The SMILES string of the molecule is CCc1ccccc1NC(=O)[C@H](C)Sc1nc(-c2ccccc2)cc(C(F)(F)F)n1. The third kappa shape index (κ3) is 5.38. The van der Waals surface area contributed by atoms with Crippen molar-refractivity contribution in [3.05, 3.63) is 71.9 Å². The number of thioether (sulfide) groups is 1. The van der Waals surface area contributed by atoms with E-state index in [0.29, 0.717) is 11.3 Å². The Morgan fingerprint density at radius 3 is 2.40 bits per heavy atom. The first-order valence-electron chi connectivity index (χ1n) is 9.35. The van der Waals surface area contributed by atoms with Crippen molar-refractivity contribution in [2.24, 2.45) is 0 Å². The summed E-state index contributed by atoms with van der Waals surface area (Å²) in [5.41, 5.74) is 1.32. The van der Waals surface area contributed by atoms with Crippen molar-refractivity contribution >= 4 is 23.4 Å². The molecule has 1 atom stereocenters. The van der Waals surface area contributed by atoms with Gasteiger partial charge in [0, 0.05) is 11.3 Å². The van der Waals surface area contributed by atoms with Crippen LogP contribution in [-0.2, 0) is 17.4 Å². The number of anilines is 1. The molecule has 2 aromatic carbocycles. The van der Waals surface area contributed by atoms with Gasteiger partial charge in [-0.15, -0.1) is 0 Å². The summed E-state index contributed by atoms with van der Waals surface area (Å²) >= 11 is 0.889. The molecule has 3 rings (SSSR count). The lowest BCUT2D eigenvalue weighted by atomic mass is 10.1. The number of para-hydroxylation sites is 1. The molecule has 1 N–H and O–H groups in total. The molecule has 4 nitrogen and oxygen atoms in total. The topological polar surface area (TPSA) is 54.9 Å². The van der Waals surface area contributed by atoms with Gasteiger partial charge in [0.05, 0.1) is 10.9 Å². The van der Waals surface area contributed by atoms with Crippen molar-refractivity contribution < 1.29 is 18.0 Å². The number of aryl methyl sites for hydroxylation is 1. The van der Waals surface area contributed by atoms with Crippen LogP contribution in [0.2, 0.25) is 0 Å². The minimum atomic E-state index is -4.62. The highest BCUT2D eigenvalue weighted by Crippen LogP contribution is 2.33. The number of carbonyl (C=O) groups excluding carboxylic acids is 1. The predicted molar refractivity (Wildman–Crippen MR) is 112 cm³/mol. The minimum absolute atomic E-state index is 0.102. The van der Waals surface area contributed by atoms with Gasteiger partial charge >= 0.3 is 6.18 Å². The van der Waals surface area contributed by atoms with Gasteiger partial charge in [-0.25, -0.2) is 9.97 Å². The molecule has 156 valence electrons. The minimum Gasteiger partial charge on any atom is -0.325 e. The van der Waals surface area contributed by atoms with Gasteiger partial charge in [-0.2, -0.15) is 13.2 Å². The molecule has 3 aromatic rings. The Bertz CT molecular complexity index is 1030. The van der Waals surface area contributed by atoms with E-state index >= 15 is 0 Å².